The number of hydrogen-bond donors (Lipinski definition) is 2. The van der Waals surface area contributed by atoms with Crippen LogP contribution in [0.15, 0.2) is 0 Å². The first kappa shape index (κ1) is 14.9. The molecule has 94 valence electrons. The van der Waals surface area contributed by atoms with E-state index in [2.05, 4.69) is 10.6 Å². The Hall–Kier alpha value is -1.14. The summed E-state index contributed by atoms with van der Waals surface area (Å²) in [6, 6.07) is 0. The summed E-state index contributed by atoms with van der Waals surface area (Å²) in [5.74, 6) is -0.0706. The zero-order valence-corrected chi connectivity index (χ0v) is 10.5. The molecule has 6 heteroatoms. The van der Waals surface area contributed by atoms with E-state index in [-0.39, 0.29) is 11.8 Å². The first-order chi connectivity index (χ1) is 7.41. The van der Waals surface area contributed by atoms with E-state index in [0.29, 0.717) is 26.2 Å². The van der Waals surface area contributed by atoms with Gasteiger partial charge in [0, 0.05) is 13.1 Å². The van der Waals surface area contributed by atoms with Crippen molar-refractivity contribution in [3.63, 3.8) is 0 Å². The minimum absolute atomic E-state index is 0.0353. The van der Waals surface area contributed by atoms with Crippen LogP contribution in [0.5, 0.6) is 0 Å². The number of hydrogen-bond acceptors (Lipinski definition) is 4. The van der Waals surface area contributed by atoms with Gasteiger partial charge in [0.1, 0.15) is 0 Å². The molecule has 0 aromatic heterocycles. The predicted molar refractivity (Wildman–Crippen MR) is 63.1 cm³/mol. The summed E-state index contributed by atoms with van der Waals surface area (Å²) in [7, 11) is 7.33. The standard InChI is InChI=1S/C10H22N4O2/c1-13(2)7-9(15)11-5-6-12-10(16)8-14(3)4/h5-8H2,1-4H3,(H,11,15)(H,12,16). The van der Waals surface area contributed by atoms with E-state index in [4.69, 9.17) is 0 Å². The van der Waals surface area contributed by atoms with Gasteiger partial charge in [0.05, 0.1) is 13.1 Å². The number of likely N-dealkylation sites (N-methyl/N-ethyl adjacent to an activating group) is 2. The summed E-state index contributed by atoms with van der Waals surface area (Å²) in [5.41, 5.74) is 0. The van der Waals surface area contributed by atoms with Crippen LogP contribution in [0.25, 0.3) is 0 Å². The van der Waals surface area contributed by atoms with Gasteiger partial charge in [-0.2, -0.15) is 0 Å². The van der Waals surface area contributed by atoms with Crippen LogP contribution >= 0.6 is 0 Å². The van der Waals surface area contributed by atoms with Gasteiger partial charge in [-0.15, -0.1) is 0 Å². The van der Waals surface area contributed by atoms with E-state index in [9.17, 15) is 9.59 Å². The summed E-state index contributed by atoms with van der Waals surface area (Å²) in [6.45, 7) is 1.66. The summed E-state index contributed by atoms with van der Waals surface area (Å²) in [4.78, 5) is 26.0. The van der Waals surface area contributed by atoms with Gasteiger partial charge in [-0.3, -0.25) is 9.59 Å². The molecule has 16 heavy (non-hydrogen) atoms. The highest BCUT2D eigenvalue weighted by atomic mass is 16.2. The van der Waals surface area contributed by atoms with E-state index < -0.39 is 0 Å². The molecule has 0 aromatic carbocycles. The van der Waals surface area contributed by atoms with Crippen LogP contribution in [0.2, 0.25) is 0 Å². The van der Waals surface area contributed by atoms with Crippen LogP contribution in [-0.2, 0) is 9.59 Å². The van der Waals surface area contributed by atoms with Crippen molar-refractivity contribution >= 4 is 11.8 Å². The molecule has 0 heterocycles. The highest BCUT2D eigenvalue weighted by molar-refractivity contribution is 5.79. The maximum Gasteiger partial charge on any atom is 0.234 e. The molecule has 0 aliphatic carbocycles. The van der Waals surface area contributed by atoms with Crippen molar-refractivity contribution in [3.8, 4) is 0 Å². The second kappa shape index (κ2) is 8.06. The van der Waals surface area contributed by atoms with Crippen LogP contribution in [0, 0.1) is 0 Å². The van der Waals surface area contributed by atoms with E-state index >= 15 is 0 Å². The molecule has 0 saturated heterocycles. The Kier molecular flexibility index (Phi) is 7.49. The lowest BCUT2D eigenvalue weighted by Crippen LogP contribution is -2.40. The molecule has 0 aromatic rings. The van der Waals surface area contributed by atoms with Crippen LogP contribution in [0.4, 0.5) is 0 Å². The quantitative estimate of drug-likeness (QED) is 0.514. The van der Waals surface area contributed by atoms with E-state index in [1.807, 2.05) is 28.2 Å². The Morgan fingerprint density at radius 1 is 0.812 bits per heavy atom. The van der Waals surface area contributed by atoms with Crippen molar-refractivity contribution in [1.82, 2.24) is 20.4 Å². The Morgan fingerprint density at radius 2 is 1.12 bits per heavy atom. The van der Waals surface area contributed by atoms with E-state index in [0.717, 1.165) is 0 Å². The van der Waals surface area contributed by atoms with Gasteiger partial charge in [-0.05, 0) is 28.2 Å². The monoisotopic (exact) mass is 230 g/mol. The predicted octanol–water partition coefficient (Wildman–Crippen LogP) is -1.66. The molecule has 6 nitrogen and oxygen atoms in total. The van der Waals surface area contributed by atoms with Crippen molar-refractivity contribution in [2.45, 2.75) is 0 Å². The topological polar surface area (TPSA) is 64.7 Å². The molecule has 0 rings (SSSR count). The molecule has 2 N–H and O–H groups in total. The maximum absolute atomic E-state index is 11.2. The molecule has 0 bridgehead atoms. The number of carbonyl (C=O) groups excluding carboxylic acids is 2. The van der Waals surface area contributed by atoms with Gasteiger partial charge in [0.2, 0.25) is 11.8 Å². The fourth-order valence-electron chi connectivity index (χ4n) is 1.09. The Morgan fingerprint density at radius 3 is 1.38 bits per heavy atom. The van der Waals surface area contributed by atoms with Gasteiger partial charge in [-0.1, -0.05) is 0 Å². The van der Waals surface area contributed by atoms with Crippen LogP contribution < -0.4 is 10.6 Å². The van der Waals surface area contributed by atoms with Crippen LogP contribution in [0.1, 0.15) is 0 Å². The average Bonchev–Trinajstić information content (AvgIpc) is 2.10. The molecule has 2 amide bonds. The summed E-state index contributed by atoms with van der Waals surface area (Å²) in [5, 5.41) is 5.43. The molecule has 0 spiro atoms. The first-order valence-electron chi connectivity index (χ1n) is 5.24. The van der Waals surface area contributed by atoms with Gasteiger partial charge in [0.15, 0.2) is 0 Å². The molecular weight excluding hydrogens is 208 g/mol. The number of amides is 2. The van der Waals surface area contributed by atoms with Crippen molar-refractivity contribution in [3.05, 3.63) is 0 Å². The fourth-order valence-corrected chi connectivity index (χ4v) is 1.09. The largest absolute Gasteiger partial charge is 0.353 e. The molecular formula is C10H22N4O2. The van der Waals surface area contributed by atoms with Gasteiger partial charge < -0.3 is 20.4 Å². The summed E-state index contributed by atoms with van der Waals surface area (Å²) < 4.78 is 0. The third kappa shape index (κ3) is 9.42. The van der Waals surface area contributed by atoms with E-state index in [1.54, 1.807) is 9.80 Å². The second-order valence-electron chi connectivity index (χ2n) is 4.18. The van der Waals surface area contributed by atoms with Crippen LogP contribution in [-0.4, -0.2) is 76.0 Å². The fraction of sp³-hybridized carbons (Fsp3) is 0.800. The smallest absolute Gasteiger partial charge is 0.234 e. The molecule has 0 fully saturated rings. The lowest BCUT2D eigenvalue weighted by atomic mass is 10.5. The second-order valence-corrected chi connectivity index (χ2v) is 4.18. The lowest BCUT2D eigenvalue weighted by Gasteiger charge is -2.12. The number of nitrogens with one attached hydrogen (secondary N) is 2. The number of rotatable bonds is 7. The zero-order chi connectivity index (χ0) is 12.6. The Balaban J connectivity index is 3.46. The summed E-state index contributed by atoms with van der Waals surface area (Å²) in [6.07, 6.45) is 0. The molecule has 0 radical (unpaired) electrons. The maximum atomic E-state index is 11.2. The molecule has 0 saturated carbocycles. The minimum Gasteiger partial charge on any atom is -0.353 e. The van der Waals surface area contributed by atoms with Crippen molar-refractivity contribution in [2.75, 3.05) is 54.4 Å². The number of nitrogens with zero attached hydrogens (tertiary/aromatic N) is 2. The Labute approximate surface area is 97.0 Å². The van der Waals surface area contributed by atoms with Gasteiger partial charge >= 0.3 is 0 Å². The summed E-state index contributed by atoms with van der Waals surface area (Å²) >= 11 is 0. The van der Waals surface area contributed by atoms with Crippen molar-refractivity contribution < 1.29 is 9.59 Å². The van der Waals surface area contributed by atoms with Crippen molar-refractivity contribution in [2.24, 2.45) is 0 Å². The zero-order valence-electron chi connectivity index (χ0n) is 10.5. The van der Waals surface area contributed by atoms with Crippen LogP contribution in [0.3, 0.4) is 0 Å². The molecule has 0 aliphatic heterocycles. The third-order valence-electron chi connectivity index (χ3n) is 1.69. The first-order valence-corrected chi connectivity index (χ1v) is 5.24. The minimum atomic E-state index is -0.0353. The lowest BCUT2D eigenvalue weighted by molar-refractivity contribution is -0.123. The number of carbonyl (C=O) groups is 2. The molecule has 0 unspecified atom stereocenters. The van der Waals surface area contributed by atoms with Gasteiger partial charge in [0.25, 0.3) is 0 Å². The third-order valence-corrected chi connectivity index (χ3v) is 1.69. The highest BCUT2D eigenvalue weighted by Gasteiger charge is 2.03. The average molecular weight is 230 g/mol. The Bertz CT molecular complexity index is 205. The van der Waals surface area contributed by atoms with Gasteiger partial charge in [-0.25, -0.2) is 0 Å². The molecule has 0 atom stereocenters. The van der Waals surface area contributed by atoms with E-state index in [1.165, 1.54) is 0 Å². The van der Waals surface area contributed by atoms with Crippen molar-refractivity contribution in [1.29, 1.82) is 0 Å². The molecule has 0 aliphatic rings. The highest BCUT2D eigenvalue weighted by Crippen LogP contribution is 1.75. The SMILES string of the molecule is CN(C)CC(=O)NCCNC(=O)CN(C)C. The normalized spacial score (nSPS) is 10.6.